The van der Waals surface area contributed by atoms with Gasteiger partial charge in [-0.15, -0.1) is 0 Å². The van der Waals surface area contributed by atoms with Crippen LogP contribution in [0.2, 0.25) is 0 Å². The summed E-state index contributed by atoms with van der Waals surface area (Å²) in [6.45, 7) is 0.943. The highest BCUT2D eigenvalue weighted by molar-refractivity contribution is 4.87. The van der Waals surface area contributed by atoms with Crippen LogP contribution in [0.3, 0.4) is 0 Å². The Kier molecular flexibility index (Phi) is 2.74. The van der Waals surface area contributed by atoms with Gasteiger partial charge >= 0.3 is 0 Å². The quantitative estimate of drug-likeness (QED) is 0.528. The highest BCUT2D eigenvalue weighted by atomic mass is 16.5. The van der Waals surface area contributed by atoms with Gasteiger partial charge in [0.25, 0.3) is 0 Å². The van der Waals surface area contributed by atoms with E-state index in [0.717, 1.165) is 19.4 Å². The third kappa shape index (κ3) is 2.16. The molecule has 0 bridgehead atoms. The first-order valence-corrected chi connectivity index (χ1v) is 3.34. The van der Waals surface area contributed by atoms with Crippen LogP contribution in [0.5, 0.6) is 0 Å². The normalized spacial score (nSPS) is 27.9. The molecule has 0 radical (unpaired) electrons. The van der Waals surface area contributed by atoms with Crippen molar-refractivity contribution in [2.45, 2.75) is 19.1 Å². The molecule has 0 aromatic carbocycles. The van der Waals surface area contributed by atoms with E-state index in [1.807, 2.05) is 0 Å². The van der Waals surface area contributed by atoms with Crippen molar-refractivity contribution in [2.75, 3.05) is 13.7 Å². The van der Waals surface area contributed by atoms with Crippen LogP contribution in [0.25, 0.3) is 0 Å². The topological polar surface area (TPSA) is 21.3 Å². The molecule has 1 N–H and O–H groups in total. The maximum atomic E-state index is 5.12. The Morgan fingerprint density at radius 3 is 3.22 bits per heavy atom. The molecule has 0 spiro atoms. The van der Waals surface area contributed by atoms with E-state index >= 15 is 0 Å². The number of methoxy groups -OCH3 is 1. The first-order chi connectivity index (χ1) is 4.43. The molecule has 1 heterocycles. The summed E-state index contributed by atoms with van der Waals surface area (Å²) < 4.78 is 5.12. The molecular formula is C7H13NO. The minimum absolute atomic E-state index is 0.264. The second-order valence-corrected chi connectivity index (χ2v) is 2.18. The SMILES string of the molecule is COC1CCC=CCN1. The van der Waals surface area contributed by atoms with Crippen LogP contribution in [0.4, 0.5) is 0 Å². The lowest BCUT2D eigenvalue weighted by molar-refractivity contribution is 0.0725. The highest BCUT2D eigenvalue weighted by Crippen LogP contribution is 2.01. The molecule has 0 fully saturated rings. The molecule has 0 aromatic rings. The van der Waals surface area contributed by atoms with Crippen molar-refractivity contribution in [3.05, 3.63) is 12.2 Å². The monoisotopic (exact) mass is 127 g/mol. The Bertz CT molecular complexity index is 91.1. The van der Waals surface area contributed by atoms with Crippen molar-refractivity contribution >= 4 is 0 Å². The van der Waals surface area contributed by atoms with Crippen molar-refractivity contribution in [1.82, 2.24) is 5.32 Å². The summed E-state index contributed by atoms with van der Waals surface area (Å²) in [7, 11) is 1.74. The van der Waals surface area contributed by atoms with E-state index in [0.29, 0.717) is 0 Å². The standard InChI is InChI=1S/C7H13NO/c1-9-7-5-3-2-4-6-8-7/h2,4,7-8H,3,5-6H2,1H3. The third-order valence-electron chi connectivity index (χ3n) is 1.51. The fourth-order valence-electron chi connectivity index (χ4n) is 0.952. The van der Waals surface area contributed by atoms with Gasteiger partial charge in [0.1, 0.15) is 6.23 Å². The molecule has 1 aliphatic rings. The van der Waals surface area contributed by atoms with Gasteiger partial charge in [0.2, 0.25) is 0 Å². The zero-order chi connectivity index (χ0) is 6.53. The van der Waals surface area contributed by atoms with Crippen LogP contribution in [-0.4, -0.2) is 19.9 Å². The second kappa shape index (κ2) is 3.64. The highest BCUT2D eigenvalue weighted by Gasteiger charge is 2.04. The molecule has 1 atom stereocenters. The maximum absolute atomic E-state index is 5.12. The number of hydrogen-bond donors (Lipinski definition) is 1. The number of nitrogens with one attached hydrogen (secondary N) is 1. The molecule has 0 aromatic heterocycles. The predicted octanol–water partition coefficient (Wildman–Crippen LogP) is 0.899. The second-order valence-electron chi connectivity index (χ2n) is 2.18. The van der Waals surface area contributed by atoms with Gasteiger partial charge in [-0.2, -0.15) is 0 Å². The van der Waals surface area contributed by atoms with Crippen LogP contribution < -0.4 is 5.32 Å². The van der Waals surface area contributed by atoms with Gasteiger partial charge in [-0.25, -0.2) is 0 Å². The molecular weight excluding hydrogens is 114 g/mol. The van der Waals surface area contributed by atoms with Gasteiger partial charge in [0, 0.05) is 13.7 Å². The minimum Gasteiger partial charge on any atom is -0.367 e. The summed E-state index contributed by atoms with van der Waals surface area (Å²) in [5, 5.41) is 3.22. The van der Waals surface area contributed by atoms with E-state index in [4.69, 9.17) is 4.74 Å². The van der Waals surface area contributed by atoms with E-state index in [1.54, 1.807) is 7.11 Å². The van der Waals surface area contributed by atoms with Gasteiger partial charge in [0.15, 0.2) is 0 Å². The number of hydrogen-bond acceptors (Lipinski definition) is 2. The molecule has 1 rings (SSSR count). The molecule has 1 unspecified atom stereocenters. The summed E-state index contributed by atoms with van der Waals surface area (Å²) in [4.78, 5) is 0. The van der Waals surface area contributed by atoms with Crippen molar-refractivity contribution in [2.24, 2.45) is 0 Å². The van der Waals surface area contributed by atoms with Crippen molar-refractivity contribution < 1.29 is 4.74 Å². The fraction of sp³-hybridized carbons (Fsp3) is 0.714. The predicted molar refractivity (Wildman–Crippen MR) is 37.2 cm³/mol. The Morgan fingerprint density at radius 1 is 1.56 bits per heavy atom. The zero-order valence-electron chi connectivity index (χ0n) is 5.76. The van der Waals surface area contributed by atoms with Crippen molar-refractivity contribution in [3.8, 4) is 0 Å². The first kappa shape index (κ1) is 6.78. The van der Waals surface area contributed by atoms with E-state index in [1.165, 1.54) is 0 Å². The van der Waals surface area contributed by atoms with Gasteiger partial charge in [-0.05, 0) is 12.8 Å². The van der Waals surface area contributed by atoms with Crippen LogP contribution in [0.1, 0.15) is 12.8 Å². The van der Waals surface area contributed by atoms with Crippen LogP contribution >= 0.6 is 0 Å². The van der Waals surface area contributed by atoms with Crippen LogP contribution in [-0.2, 0) is 4.74 Å². The van der Waals surface area contributed by atoms with Crippen molar-refractivity contribution in [1.29, 1.82) is 0 Å². The average Bonchev–Trinajstić information content (AvgIpc) is 2.13. The van der Waals surface area contributed by atoms with Crippen LogP contribution in [0, 0.1) is 0 Å². The van der Waals surface area contributed by atoms with Gasteiger partial charge < -0.3 is 4.74 Å². The summed E-state index contributed by atoms with van der Waals surface area (Å²) >= 11 is 0. The Hall–Kier alpha value is -0.340. The van der Waals surface area contributed by atoms with E-state index < -0.39 is 0 Å². The number of allylic oxidation sites excluding steroid dienone is 1. The average molecular weight is 127 g/mol. The van der Waals surface area contributed by atoms with Crippen molar-refractivity contribution in [3.63, 3.8) is 0 Å². The lowest BCUT2D eigenvalue weighted by atomic mass is 10.3. The lowest BCUT2D eigenvalue weighted by Crippen LogP contribution is -2.29. The Labute approximate surface area is 55.9 Å². The molecule has 0 aliphatic carbocycles. The molecule has 0 saturated heterocycles. The molecule has 0 amide bonds. The summed E-state index contributed by atoms with van der Waals surface area (Å²) in [5.41, 5.74) is 0. The first-order valence-electron chi connectivity index (χ1n) is 3.34. The summed E-state index contributed by atoms with van der Waals surface area (Å²) in [6.07, 6.45) is 6.81. The van der Waals surface area contributed by atoms with Gasteiger partial charge in [-0.1, -0.05) is 12.2 Å². The Morgan fingerprint density at radius 2 is 2.44 bits per heavy atom. The Balaban J connectivity index is 2.26. The molecule has 52 valence electrons. The summed E-state index contributed by atoms with van der Waals surface area (Å²) in [5.74, 6) is 0. The van der Waals surface area contributed by atoms with E-state index in [9.17, 15) is 0 Å². The fourth-order valence-corrected chi connectivity index (χ4v) is 0.952. The largest absolute Gasteiger partial charge is 0.367 e. The maximum Gasteiger partial charge on any atom is 0.108 e. The third-order valence-corrected chi connectivity index (χ3v) is 1.51. The van der Waals surface area contributed by atoms with Gasteiger partial charge in [0.05, 0.1) is 0 Å². The zero-order valence-corrected chi connectivity index (χ0v) is 5.76. The lowest BCUT2D eigenvalue weighted by Gasteiger charge is -2.12. The molecule has 0 saturated carbocycles. The summed E-state index contributed by atoms with van der Waals surface area (Å²) in [6, 6.07) is 0. The van der Waals surface area contributed by atoms with E-state index in [-0.39, 0.29) is 6.23 Å². The minimum atomic E-state index is 0.264. The molecule has 1 aliphatic heterocycles. The van der Waals surface area contributed by atoms with E-state index in [2.05, 4.69) is 17.5 Å². The number of ether oxygens (including phenoxy) is 1. The molecule has 2 nitrogen and oxygen atoms in total. The van der Waals surface area contributed by atoms with Gasteiger partial charge in [-0.3, -0.25) is 5.32 Å². The molecule has 2 heteroatoms. The number of rotatable bonds is 1. The van der Waals surface area contributed by atoms with Crippen LogP contribution in [0.15, 0.2) is 12.2 Å². The smallest absolute Gasteiger partial charge is 0.108 e. The molecule has 9 heavy (non-hydrogen) atoms.